The third-order valence-corrected chi connectivity index (χ3v) is 11.0. The normalized spacial score (nSPS) is 37.7. The van der Waals surface area contributed by atoms with Crippen molar-refractivity contribution in [3.8, 4) is 0 Å². The summed E-state index contributed by atoms with van der Waals surface area (Å²) in [5, 5.41) is 38.9. The van der Waals surface area contributed by atoms with Gasteiger partial charge >= 0.3 is 5.97 Å². The van der Waals surface area contributed by atoms with Gasteiger partial charge in [0.1, 0.15) is 12.2 Å². The van der Waals surface area contributed by atoms with Gasteiger partial charge in [0.25, 0.3) is 0 Å². The molecular formula is C41H71NO8. The van der Waals surface area contributed by atoms with E-state index < -0.39 is 48.0 Å². The lowest BCUT2D eigenvalue weighted by Crippen LogP contribution is -2.61. The number of carbonyl (C=O) groups excluding carboxylic acids is 1. The Morgan fingerprint density at radius 2 is 1.74 bits per heavy atom. The van der Waals surface area contributed by atoms with Crippen LogP contribution in [0.4, 0.5) is 0 Å². The largest absolute Gasteiger partial charge is 0.490 e. The number of aliphatic hydroxyl groups excluding tert-OH is 2. The molecule has 0 saturated carbocycles. The summed E-state index contributed by atoms with van der Waals surface area (Å²) < 4.78 is 24.0. The second kappa shape index (κ2) is 20.9. The highest BCUT2D eigenvalue weighted by molar-refractivity contribution is 5.87. The van der Waals surface area contributed by atoms with Crippen LogP contribution in [0.2, 0.25) is 0 Å². The third kappa shape index (κ3) is 12.3. The van der Waals surface area contributed by atoms with E-state index in [9.17, 15) is 20.1 Å². The fourth-order valence-electron chi connectivity index (χ4n) is 7.66. The number of aliphatic hydroxyl groups is 3. The second-order valence-electron chi connectivity index (χ2n) is 15.6. The molecule has 288 valence electrons. The first-order chi connectivity index (χ1) is 23.5. The molecule has 50 heavy (non-hydrogen) atoms. The fraction of sp³-hybridized carbons (Fsp3) is 0.780. The first-order valence-electron chi connectivity index (χ1n) is 19.0. The molecule has 0 aliphatic carbocycles. The topological polar surface area (TPSA) is 127 Å². The van der Waals surface area contributed by atoms with Gasteiger partial charge in [-0.05, 0) is 57.1 Å². The van der Waals surface area contributed by atoms with Crippen molar-refractivity contribution in [3.05, 3.63) is 47.3 Å². The van der Waals surface area contributed by atoms with Crippen LogP contribution in [-0.2, 0) is 23.7 Å². The Labute approximate surface area is 303 Å². The first-order valence-corrected chi connectivity index (χ1v) is 19.0. The van der Waals surface area contributed by atoms with Crippen molar-refractivity contribution in [3.63, 3.8) is 0 Å². The molecule has 1 saturated heterocycles. The van der Waals surface area contributed by atoms with Crippen LogP contribution in [0.15, 0.2) is 47.3 Å². The lowest BCUT2D eigenvalue weighted by molar-refractivity contribution is -0.317. The van der Waals surface area contributed by atoms with Crippen molar-refractivity contribution in [2.24, 2.45) is 35.5 Å². The number of nitrogens with one attached hydrogen (secondary N) is 1. The maximum absolute atomic E-state index is 13.7. The lowest BCUT2D eigenvalue weighted by Gasteiger charge is -2.51. The minimum Gasteiger partial charge on any atom is -0.490 e. The molecule has 0 aromatic heterocycles. The molecule has 2 heterocycles. The number of hydrogen-bond donors (Lipinski definition) is 4. The van der Waals surface area contributed by atoms with Crippen molar-refractivity contribution in [2.75, 3.05) is 20.8 Å². The van der Waals surface area contributed by atoms with Gasteiger partial charge in [-0.2, -0.15) is 0 Å². The average molecular weight is 706 g/mol. The number of hydrogen-bond acceptors (Lipinski definition) is 9. The maximum atomic E-state index is 13.7. The molecular weight excluding hydrogens is 634 g/mol. The van der Waals surface area contributed by atoms with Crippen LogP contribution in [0.3, 0.4) is 0 Å². The summed E-state index contributed by atoms with van der Waals surface area (Å²) in [7, 11) is 2.95. The average Bonchev–Trinajstić information content (AvgIpc) is 3.07. The van der Waals surface area contributed by atoms with E-state index in [0.29, 0.717) is 12.8 Å². The van der Waals surface area contributed by atoms with Crippen LogP contribution in [0.5, 0.6) is 0 Å². The number of allylic oxidation sites excluding steroid dienone is 5. The van der Waals surface area contributed by atoms with E-state index in [1.807, 2.05) is 58.9 Å². The SMILES string of the molecule is CCCCCCN[C@@H]1C[C@](O)([C@@H](C)[C@H](O)[C@H](C)[C@H]2OC(=O)/C(OC)=C/C(C)=C/[C@@H](C)[C@@H](O)[C@@H](C)C/C(C)=C/C=C/[C@@H]2OC)O[C@H](C(C)C)[C@H]1C. The van der Waals surface area contributed by atoms with Crippen LogP contribution in [0.1, 0.15) is 108 Å². The summed E-state index contributed by atoms with van der Waals surface area (Å²) >= 11 is 0. The molecule has 1 fully saturated rings. The Balaban J connectivity index is 2.49. The van der Waals surface area contributed by atoms with Gasteiger partial charge in [-0.15, -0.1) is 0 Å². The Bertz CT molecular complexity index is 1160. The molecule has 2 aliphatic rings. The first kappa shape index (κ1) is 44.2. The molecule has 0 bridgehead atoms. The summed E-state index contributed by atoms with van der Waals surface area (Å²) in [5.74, 6) is -3.56. The third-order valence-electron chi connectivity index (χ3n) is 11.0. The van der Waals surface area contributed by atoms with E-state index in [-0.39, 0.29) is 41.6 Å². The Kier molecular flexibility index (Phi) is 18.4. The molecule has 0 aromatic carbocycles. The van der Waals surface area contributed by atoms with E-state index in [1.165, 1.54) is 27.1 Å². The maximum Gasteiger partial charge on any atom is 0.373 e. The number of unbranched alkanes of at least 4 members (excludes halogenated alkanes) is 3. The molecule has 9 heteroatoms. The molecule has 2 aliphatic heterocycles. The van der Waals surface area contributed by atoms with Gasteiger partial charge < -0.3 is 39.6 Å². The number of ether oxygens (including phenoxy) is 4. The van der Waals surface area contributed by atoms with Crippen LogP contribution in [0.25, 0.3) is 0 Å². The van der Waals surface area contributed by atoms with Gasteiger partial charge in [0.05, 0.1) is 25.4 Å². The summed E-state index contributed by atoms with van der Waals surface area (Å²) in [6, 6.07) is 0.00937. The Morgan fingerprint density at radius 1 is 1.06 bits per heavy atom. The summed E-state index contributed by atoms with van der Waals surface area (Å²) in [4.78, 5) is 13.7. The minimum absolute atomic E-state index is 0.00650. The van der Waals surface area contributed by atoms with Gasteiger partial charge in [-0.1, -0.05) is 110 Å². The molecule has 4 N–H and O–H groups in total. The highest BCUT2D eigenvalue weighted by atomic mass is 16.6. The van der Waals surface area contributed by atoms with Crippen LogP contribution in [0, 0.1) is 35.5 Å². The zero-order valence-corrected chi connectivity index (χ0v) is 33.1. The second-order valence-corrected chi connectivity index (χ2v) is 15.6. The standard InChI is InChI=1S/C41H71NO8/c1-13-14-15-16-20-42-33-24-41(46,50-38(25(2)3)30(33)8)32(10)37(44)31(9)39-34(47-11)19-17-18-26(4)21-28(6)36(43)29(7)22-27(5)23-35(48-12)40(45)49-39/h17-19,22-23,25,28-34,36-39,42-44,46H,13-16,20-21,24H2,1-12H3/b19-17+,26-18+,27-22+,35-23-/t28-,29+,30-,31-,32-,33+,34-,36-,37+,38+,39+,41+/m0/s1. The van der Waals surface area contributed by atoms with Gasteiger partial charge in [0.2, 0.25) is 5.76 Å². The predicted molar refractivity (Wildman–Crippen MR) is 200 cm³/mol. The van der Waals surface area contributed by atoms with Crippen LogP contribution < -0.4 is 5.32 Å². The molecule has 0 radical (unpaired) electrons. The van der Waals surface area contributed by atoms with Crippen molar-refractivity contribution >= 4 is 5.97 Å². The van der Waals surface area contributed by atoms with E-state index in [0.717, 1.165) is 30.5 Å². The molecule has 0 amide bonds. The Hall–Kier alpha value is -2.01. The fourth-order valence-corrected chi connectivity index (χ4v) is 7.66. The molecule has 0 aromatic rings. The molecule has 0 spiro atoms. The van der Waals surface area contributed by atoms with Crippen molar-refractivity contribution in [2.45, 2.75) is 150 Å². The molecule has 0 unspecified atom stereocenters. The number of carbonyl (C=O) groups is 1. The van der Waals surface area contributed by atoms with E-state index in [2.05, 4.69) is 33.0 Å². The molecule has 9 nitrogen and oxygen atoms in total. The van der Waals surface area contributed by atoms with E-state index >= 15 is 0 Å². The van der Waals surface area contributed by atoms with Gasteiger partial charge in [-0.3, -0.25) is 0 Å². The van der Waals surface area contributed by atoms with E-state index in [1.54, 1.807) is 13.0 Å². The summed E-state index contributed by atoms with van der Waals surface area (Å²) in [5.41, 5.74) is 1.83. The monoisotopic (exact) mass is 706 g/mol. The lowest BCUT2D eigenvalue weighted by atomic mass is 9.75. The van der Waals surface area contributed by atoms with Gasteiger partial charge in [-0.25, -0.2) is 4.79 Å². The molecule has 2 rings (SSSR count). The number of rotatable bonds is 13. The zero-order chi connectivity index (χ0) is 37.8. The van der Waals surface area contributed by atoms with Crippen molar-refractivity contribution < 1.29 is 39.1 Å². The zero-order valence-electron chi connectivity index (χ0n) is 33.1. The summed E-state index contributed by atoms with van der Waals surface area (Å²) in [6.45, 7) is 20.9. The van der Waals surface area contributed by atoms with Gasteiger partial charge in [0.15, 0.2) is 5.79 Å². The summed E-state index contributed by atoms with van der Waals surface area (Å²) in [6.07, 6.45) is 11.2. The highest BCUT2D eigenvalue weighted by Gasteiger charge is 2.51. The number of methoxy groups -OCH3 is 2. The van der Waals surface area contributed by atoms with Crippen LogP contribution in [-0.4, -0.2) is 84.4 Å². The number of cyclic esters (lactones) is 1. The van der Waals surface area contributed by atoms with E-state index in [4.69, 9.17) is 18.9 Å². The van der Waals surface area contributed by atoms with Crippen LogP contribution >= 0.6 is 0 Å². The minimum atomic E-state index is -1.62. The quantitative estimate of drug-likeness (QED) is 0.120. The van der Waals surface area contributed by atoms with Crippen molar-refractivity contribution in [1.29, 1.82) is 0 Å². The highest BCUT2D eigenvalue weighted by Crippen LogP contribution is 2.41. The Morgan fingerprint density at radius 3 is 2.34 bits per heavy atom. The molecule has 12 atom stereocenters. The smallest absolute Gasteiger partial charge is 0.373 e. The predicted octanol–water partition coefficient (Wildman–Crippen LogP) is 6.87. The number of esters is 1. The van der Waals surface area contributed by atoms with Crippen molar-refractivity contribution in [1.82, 2.24) is 5.32 Å². The van der Waals surface area contributed by atoms with Gasteiger partial charge in [0, 0.05) is 37.3 Å².